The first-order valence-corrected chi connectivity index (χ1v) is 7.78. The molecule has 0 spiro atoms. The minimum absolute atomic E-state index is 0.705. The first-order valence-electron chi connectivity index (χ1n) is 7.78. The van der Waals surface area contributed by atoms with Crippen LogP contribution in [-0.2, 0) is 11.3 Å². The quantitative estimate of drug-likeness (QED) is 0.567. The van der Waals surface area contributed by atoms with Crippen molar-refractivity contribution in [3.05, 3.63) is 29.8 Å². The van der Waals surface area contributed by atoms with Gasteiger partial charge in [0.25, 0.3) is 0 Å². The second kappa shape index (κ2) is 10.9. The van der Waals surface area contributed by atoms with E-state index in [9.17, 15) is 0 Å². The van der Waals surface area contributed by atoms with Gasteiger partial charge in [-0.1, -0.05) is 57.2 Å². The van der Waals surface area contributed by atoms with Crippen molar-refractivity contribution in [2.24, 2.45) is 0 Å². The van der Waals surface area contributed by atoms with Gasteiger partial charge in [-0.2, -0.15) is 0 Å². The minimum Gasteiger partial charge on any atom is -0.385 e. The Morgan fingerprint density at radius 2 is 1.68 bits per heavy atom. The third-order valence-electron chi connectivity index (χ3n) is 3.32. The molecule has 0 radical (unpaired) electrons. The summed E-state index contributed by atoms with van der Waals surface area (Å²) in [6, 6.07) is 8.44. The van der Waals surface area contributed by atoms with E-state index in [0.717, 1.165) is 13.2 Å². The van der Waals surface area contributed by atoms with Crippen LogP contribution in [0, 0.1) is 0 Å². The highest BCUT2D eigenvalue weighted by atomic mass is 16.5. The minimum atomic E-state index is 0.705. The molecule has 0 saturated heterocycles. The maximum Gasteiger partial charge on any atom is 0.0736 e. The highest BCUT2D eigenvalue weighted by Crippen LogP contribution is 2.16. The molecule has 0 heterocycles. The van der Waals surface area contributed by atoms with Crippen LogP contribution >= 0.6 is 0 Å². The summed E-state index contributed by atoms with van der Waals surface area (Å²) in [6.07, 6.45) is 8.05. The molecule has 0 amide bonds. The van der Waals surface area contributed by atoms with Crippen molar-refractivity contribution in [1.82, 2.24) is 0 Å². The van der Waals surface area contributed by atoms with Crippen LogP contribution in [0.1, 0.15) is 57.9 Å². The number of unbranched alkanes of at least 4 members (excludes halogenated alkanes) is 5. The van der Waals surface area contributed by atoms with Crippen molar-refractivity contribution in [2.75, 3.05) is 18.5 Å². The van der Waals surface area contributed by atoms with Crippen molar-refractivity contribution in [3.8, 4) is 0 Å². The molecule has 0 aliphatic carbocycles. The highest BCUT2D eigenvalue weighted by Gasteiger charge is 2.00. The lowest BCUT2D eigenvalue weighted by atomic mass is 10.1. The van der Waals surface area contributed by atoms with E-state index in [1.165, 1.54) is 49.8 Å². The van der Waals surface area contributed by atoms with Crippen molar-refractivity contribution in [2.45, 2.75) is 59.0 Å². The summed E-state index contributed by atoms with van der Waals surface area (Å²) in [5.41, 5.74) is 2.49. The molecule has 0 unspecified atom stereocenters. The van der Waals surface area contributed by atoms with Crippen LogP contribution in [0.4, 0.5) is 5.69 Å². The predicted molar refractivity (Wildman–Crippen MR) is 83.6 cm³/mol. The summed E-state index contributed by atoms with van der Waals surface area (Å²) in [6.45, 7) is 6.83. The van der Waals surface area contributed by atoms with Gasteiger partial charge in [-0.15, -0.1) is 0 Å². The topological polar surface area (TPSA) is 21.3 Å². The molecule has 19 heavy (non-hydrogen) atoms. The lowest BCUT2D eigenvalue weighted by molar-refractivity contribution is 0.134. The normalized spacial score (nSPS) is 10.6. The number of ether oxygens (including phenoxy) is 1. The zero-order valence-corrected chi connectivity index (χ0v) is 12.6. The molecule has 0 aliphatic heterocycles. The number of benzene rings is 1. The predicted octanol–water partition coefficient (Wildman–Crippen LogP) is 5.00. The first kappa shape index (κ1) is 16.0. The number of hydrogen-bond donors (Lipinski definition) is 1. The summed E-state index contributed by atoms with van der Waals surface area (Å²) in [4.78, 5) is 0. The monoisotopic (exact) mass is 263 g/mol. The van der Waals surface area contributed by atoms with E-state index < -0.39 is 0 Å². The molecule has 0 saturated carbocycles. The van der Waals surface area contributed by atoms with E-state index in [1.54, 1.807) is 0 Å². The SMILES string of the molecule is CCCCCCCCNc1ccccc1COCC. The van der Waals surface area contributed by atoms with E-state index in [1.807, 2.05) is 6.92 Å². The lowest BCUT2D eigenvalue weighted by Gasteiger charge is -2.11. The Labute approximate surface area is 118 Å². The van der Waals surface area contributed by atoms with E-state index in [-0.39, 0.29) is 0 Å². The number of nitrogens with one attached hydrogen (secondary N) is 1. The van der Waals surface area contributed by atoms with Crippen LogP contribution in [0.2, 0.25) is 0 Å². The van der Waals surface area contributed by atoms with Gasteiger partial charge in [-0.05, 0) is 19.4 Å². The molecule has 1 rings (SSSR count). The van der Waals surface area contributed by atoms with Gasteiger partial charge in [-0.3, -0.25) is 0 Å². The van der Waals surface area contributed by atoms with Crippen molar-refractivity contribution in [1.29, 1.82) is 0 Å². The van der Waals surface area contributed by atoms with Crippen LogP contribution < -0.4 is 5.32 Å². The fraction of sp³-hybridized carbons (Fsp3) is 0.647. The zero-order chi connectivity index (χ0) is 13.8. The lowest BCUT2D eigenvalue weighted by Crippen LogP contribution is -2.05. The molecule has 2 nitrogen and oxygen atoms in total. The molecule has 0 aromatic heterocycles. The fourth-order valence-electron chi connectivity index (χ4n) is 2.16. The van der Waals surface area contributed by atoms with Gasteiger partial charge in [0.2, 0.25) is 0 Å². The molecular formula is C17H29NO. The molecule has 2 heteroatoms. The first-order chi connectivity index (χ1) is 9.38. The number of rotatable bonds is 11. The Kier molecular flexibility index (Phi) is 9.17. The van der Waals surface area contributed by atoms with Crippen LogP contribution in [-0.4, -0.2) is 13.2 Å². The summed E-state index contributed by atoms with van der Waals surface area (Å²) in [7, 11) is 0. The molecule has 0 fully saturated rings. The summed E-state index contributed by atoms with van der Waals surface area (Å²) < 4.78 is 5.49. The Morgan fingerprint density at radius 3 is 2.47 bits per heavy atom. The molecule has 0 aliphatic rings. The van der Waals surface area contributed by atoms with Gasteiger partial charge in [0.05, 0.1) is 6.61 Å². The maximum absolute atomic E-state index is 5.49. The van der Waals surface area contributed by atoms with Crippen LogP contribution in [0.15, 0.2) is 24.3 Å². The van der Waals surface area contributed by atoms with Gasteiger partial charge in [-0.25, -0.2) is 0 Å². The Morgan fingerprint density at radius 1 is 0.947 bits per heavy atom. The molecule has 1 N–H and O–H groups in total. The van der Waals surface area contributed by atoms with Crippen LogP contribution in [0.25, 0.3) is 0 Å². The van der Waals surface area contributed by atoms with Gasteiger partial charge in [0.15, 0.2) is 0 Å². The average Bonchev–Trinajstić information content (AvgIpc) is 2.45. The second-order valence-corrected chi connectivity index (χ2v) is 4.99. The maximum atomic E-state index is 5.49. The standard InChI is InChI=1S/C17H29NO/c1-3-5-6-7-8-11-14-18-17-13-10-9-12-16(17)15-19-4-2/h9-10,12-13,18H,3-8,11,14-15H2,1-2H3. The van der Waals surface area contributed by atoms with E-state index >= 15 is 0 Å². The molecule has 0 atom stereocenters. The van der Waals surface area contributed by atoms with Crippen molar-refractivity contribution in [3.63, 3.8) is 0 Å². The average molecular weight is 263 g/mol. The van der Waals surface area contributed by atoms with Crippen molar-refractivity contribution < 1.29 is 4.74 Å². The van der Waals surface area contributed by atoms with Crippen LogP contribution in [0.3, 0.4) is 0 Å². The number of para-hydroxylation sites is 1. The fourth-order valence-corrected chi connectivity index (χ4v) is 2.16. The Bertz CT molecular complexity index is 325. The summed E-state index contributed by atoms with van der Waals surface area (Å²) in [5.74, 6) is 0. The summed E-state index contributed by atoms with van der Waals surface area (Å²) >= 11 is 0. The Balaban J connectivity index is 2.21. The highest BCUT2D eigenvalue weighted by molar-refractivity contribution is 5.50. The van der Waals surface area contributed by atoms with E-state index in [2.05, 4.69) is 36.5 Å². The van der Waals surface area contributed by atoms with Gasteiger partial charge < -0.3 is 10.1 Å². The van der Waals surface area contributed by atoms with Crippen LogP contribution in [0.5, 0.6) is 0 Å². The largest absolute Gasteiger partial charge is 0.385 e. The molecule has 1 aromatic rings. The molecule has 0 bridgehead atoms. The van der Waals surface area contributed by atoms with Gasteiger partial charge in [0.1, 0.15) is 0 Å². The third kappa shape index (κ3) is 7.22. The summed E-state index contributed by atoms with van der Waals surface area (Å²) in [5, 5.41) is 3.53. The third-order valence-corrected chi connectivity index (χ3v) is 3.32. The van der Waals surface area contributed by atoms with Gasteiger partial charge >= 0.3 is 0 Å². The van der Waals surface area contributed by atoms with Crippen molar-refractivity contribution >= 4 is 5.69 Å². The Hall–Kier alpha value is -1.02. The smallest absolute Gasteiger partial charge is 0.0736 e. The van der Waals surface area contributed by atoms with E-state index in [4.69, 9.17) is 4.74 Å². The number of anilines is 1. The zero-order valence-electron chi connectivity index (χ0n) is 12.6. The molecule has 108 valence electrons. The number of hydrogen-bond acceptors (Lipinski definition) is 2. The second-order valence-electron chi connectivity index (χ2n) is 4.99. The molecule has 1 aromatic carbocycles. The van der Waals surface area contributed by atoms with E-state index in [0.29, 0.717) is 6.61 Å². The molecular weight excluding hydrogens is 234 g/mol. The van der Waals surface area contributed by atoms with Gasteiger partial charge in [0, 0.05) is 24.4 Å².